The van der Waals surface area contributed by atoms with Crippen molar-refractivity contribution < 1.29 is 24.2 Å². The van der Waals surface area contributed by atoms with Gasteiger partial charge in [0.2, 0.25) is 11.8 Å². The van der Waals surface area contributed by atoms with Crippen LogP contribution in [-0.2, 0) is 19.1 Å². The van der Waals surface area contributed by atoms with Gasteiger partial charge < -0.3 is 20.9 Å². The fourth-order valence-corrected chi connectivity index (χ4v) is 1.02. The van der Waals surface area contributed by atoms with Gasteiger partial charge in [0.05, 0.1) is 6.10 Å². The van der Waals surface area contributed by atoms with Crippen LogP contribution in [0.5, 0.6) is 0 Å². The number of carboxylic acids is 1. The average Bonchev–Trinajstić information content (AvgIpc) is 2.20. The van der Waals surface area contributed by atoms with Crippen molar-refractivity contribution in [2.75, 3.05) is 6.61 Å². The molecule has 17 heavy (non-hydrogen) atoms. The summed E-state index contributed by atoms with van der Waals surface area (Å²) >= 11 is 0. The van der Waals surface area contributed by atoms with Gasteiger partial charge in [-0.05, 0) is 20.3 Å². The van der Waals surface area contributed by atoms with Gasteiger partial charge in [0, 0.05) is 6.42 Å². The number of ether oxygens (including phenoxy) is 1. The molecule has 0 aromatic carbocycles. The van der Waals surface area contributed by atoms with Crippen LogP contribution >= 0.6 is 0 Å². The Bertz CT molecular complexity index is 290. The molecule has 0 aliphatic heterocycles. The minimum atomic E-state index is -1.20. The Balaban J connectivity index is 4.11. The van der Waals surface area contributed by atoms with E-state index in [9.17, 15) is 14.4 Å². The van der Waals surface area contributed by atoms with Gasteiger partial charge in [0.25, 0.3) is 0 Å². The minimum Gasteiger partial charge on any atom is -0.480 e. The number of carbonyl (C=O) groups excluding carboxylic acids is 2. The number of amides is 2. The second kappa shape index (κ2) is 7.61. The first-order chi connectivity index (χ1) is 7.82. The number of nitrogens with one attached hydrogen (secondary N) is 1. The molecule has 0 aromatic heterocycles. The SMILES string of the molecule is CC(C)OCC(=O)N[C@H](CCC(N)=O)C(=O)O. The van der Waals surface area contributed by atoms with Gasteiger partial charge >= 0.3 is 5.97 Å². The molecule has 1 atom stereocenters. The highest BCUT2D eigenvalue weighted by Gasteiger charge is 2.20. The number of primary amides is 1. The summed E-state index contributed by atoms with van der Waals surface area (Å²) in [5.41, 5.74) is 4.90. The normalized spacial score (nSPS) is 12.2. The third kappa shape index (κ3) is 8.21. The molecular formula is C10H18N2O5. The van der Waals surface area contributed by atoms with Crippen LogP contribution in [0.25, 0.3) is 0 Å². The van der Waals surface area contributed by atoms with Crippen molar-refractivity contribution >= 4 is 17.8 Å². The molecule has 0 fully saturated rings. The molecule has 7 heteroatoms. The molecule has 0 unspecified atom stereocenters. The van der Waals surface area contributed by atoms with E-state index in [0.717, 1.165) is 0 Å². The number of nitrogens with two attached hydrogens (primary N) is 1. The molecule has 0 radical (unpaired) electrons. The van der Waals surface area contributed by atoms with Crippen LogP contribution in [0.3, 0.4) is 0 Å². The van der Waals surface area contributed by atoms with E-state index in [1.165, 1.54) is 0 Å². The Hall–Kier alpha value is -1.63. The molecule has 0 heterocycles. The van der Waals surface area contributed by atoms with E-state index < -0.39 is 23.8 Å². The zero-order chi connectivity index (χ0) is 13.4. The summed E-state index contributed by atoms with van der Waals surface area (Å²) < 4.78 is 5.01. The Labute approximate surface area is 99.3 Å². The van der Waals surface area contributed by atoms with Crippen LogP contribution in [-0.4, -0.2) is 41.6 Å². The van der Waals surface area contributed by atoms with Crippen LogP contribution in [0.15, 0.2) is 0 Å². The fourth-order valence-electron chi connectivity index (χ4n) is 1.02. The summed E-state index contributed by atoms with van der Waals surface area (Å²) in [4.78, 5) is 32.6. The van der Waals surface area contributed by atoms with E-state index in [1.54, 1.807) is 13.8 Å². The van der Waals surface area contributed by atoms with Gasteiger partial charge in [-0.3, -0.25) is 9.59 Å². The van der Waals surface area contributed by atoms with Gasteiger partial charge in [-0.25, -0.2) is 4.79 Å². The van der Waals surface area contributed by atoms with E-state index in [1.807, 2.05) is 0 Å². The van der Waals surface area contributed by atoms with E-state index in [2.05, 4.69) is 5.32 Å². The summed E-state index contributed by atoms with van der Waals surface area (Å²) in [5.74, 6) is -2.34. The van der Waals surface area contributed by atoms with E-state index in [0.29, 0.717) is 0 Å². The molecule has 7 nitrogen and oxygen atoms in total. The molecule has 0 saturated heterocycles. The lowest BCUT2D eigenvalue weighted by atomic mass is 10.1. The molecule has 0 aliphatic carbocycles. The number of hydrogen-bond acceptors (Lipinski definition) is 4. The topological polar surface area (TPSA) is 119 Å². The highest BCUT2D eigenvalue weighted by atomic mass is 16.5. The third-order valence-electron chi connectivity index (χ3n) is 1.86. The summed E-state index contributed by atoms with van der Waals surface area (Å²) in [5, 5.41) is 11.1. The number of hydrogen-bond donors (Lipinski definition) is 3. The van der Waals surface area contributed by atoms with E-state index in [4.69, 9.17) is 15.6 Å². The van der Waals surface area contributed by atoms with Crippen molar-refractivity contribution in [1.29, 1.82) is 0 Å². The van der Waals surface area contributed by atoms with Crippen molar-refractivity contribution in [3.63, 3.8) is 0 Å². The lowest BCUT2D eigenvalue weighted by molar-refractivity contribution is -0.143. The molecule has 0 aromatic rings. The zero-order valence-electron chi connectivity index (χ0n) is 9.93. The average molecular weight is 246 g/mol. The highest BCUT2D eigenvalue weighted by molar-refractivity contribution is 5.84. The minimum absolute atomic E-state index is 0.0297. The third-order valence-corrected chi connectivity index (χ3v) is 1.86. The molecule has 0 saturated carbocycles. The first kappa shape index (κ1) is 15.4. The Morgan fingerprint density at radius 1 is 1.35 bits per heavy atom. The molecule has 2 amide bonds. The fraction of sp³-hybridized carbons (Fsp3) is 0.700. The van der Waals surface area contributed by atoms with Crippen molar-refractivity contribution in [2.45, 2.75) is 38.8 Å². The van der Waals surface area contributed by atoms with Crippen molar-refractivity contribution in [3.8, 4) is 0 Å². The lowest BCUT2D eigenvalue weighted by Gasteiger charge is -2.14. The molecule has 0 spiro atoms. The van der Waals surface area contributed by atoms with Gasteiger partial charge in [-0.2, -0.15) is 0 Å². The Morgan fingerprint density at radius 3 is 2.35 bits per heavy atom. The van der Waals surface area contributed by atoms with E-state index >= 15 is 0 Å². The van der Waals surface area contributed by atoms with Gasteiger partial charge in [0.15, 0.2) is 0 Å². The smallest absolute Gasteiger partial charge is 0.326 e. The van der Waals surface area contributed by atoms with Crippen molar-refractivity contribution in [3.05, 3.63) is 0 Å². The van der Waals surface area contributed by atoms with Crippen molar-refractivity contribution in [1.82, 2.24) is 5.32 Å². The van der Waals surface area contributed by atoms with E-state index in [-0.39, 0.29) is 25.6 Å². The predicted octanol–water partition coefficient (Wildman–Crippen LogP) is -0.754. The lowest BCUT2D eigenvalue weighted by Crippen LogP contribution is -2.43. The summed E-state index contributed by atoms with van der Waals surface area (Å²) in [6, 6.07) is -1.12. The van der Waals surface area contributed by atoms with Crippen LogP contribution in [0.4, 0.5) is 0 Å². The Kier molecular flexibility index (Phi) is 6.88. The van der Waals surface area contributed by atoms with Crippen LogP contribution in [0, 0.1) is 0 Å². The number of carboxylic acid groups (broad SMARTS) is 1. The maximum atomic E-state index is 11.3. The monoisotopic (exact) mass is 246 g/mol. The first-order valence-electron chi connectivity index (χ1n) is 5.25. The quantitative estimate of drug-likeness (QED) is 0.520. The second-order valence-electron chi connectivity index (χ2n) is 3.82. The summed E-state index contributed by atoms with van der Waals surface area (Å²) in [6.07, 6.45) is -0.241. The zero-order valence-corrected chi connectivity index (χ0v) is 9.93. The summed E-state index contributed by atoms with van der Waals surface area (Å²) in [6.45, 7) is 3.31. The largest absolute Gasteiger partial charge is 0.480 e. The van der Waals surface area contributed by atoms with Gasteiger partial charge in [-0.1, -0.05) is 0 Å². The molecule has 0 aliphatic rings. The van der Waals surface area contributed by atoms with Crippen molar-refractivity contribution in [2.24, 2.45) is 5.73 Å². The maximum absolute atomic E-state index is 11.3. The molecule has 98 valence electrons. The molecule has 4 N–H and O–H groups in total. The number of rotatable bonds is 8. The number of carbonyl (C=O) groups is 3. The molecular weight excluding hydrogens is 228 g/mol. The van der Waals surface area contributed by atoms with Crippen LogP contribution in [0.1, 0.15) is 26.7 Å². The molecule has 0 rings (SSSR count). The number of aliphatic carboxylic acids is 1. The second-order valence-corrected chi connectivity index (χ2v) is 3.82. The van der Waals surface area contributed by atoms with Crippen LogP contribution < -0.4 is 11.1 Å². The molecule has 0 bridgehead atoms. The van der Waals surface area contributed by atoms with Crippen LogP contribution in [0.2, 0.25) is 0 Å². The van der Waals surface area contributed by atoms with Gasteiger partial charge in [0.1, 0.15) is 12.6 Å². The maximum Gasteiger partial charge on any atom is 0.326 e. The predicted molar refractivity (Wildman–Crippen MR) is 59.1 cm³/mol. The Morgan fingerprint density at radius 2 is 1.94 bits per heavy atom. The first-order valence-corrected chi connectivity index (χ1v) is 5.25. The van der Waals surface area contributed by atoms with Gasteiger partial charge in [-0.15, -0.1) is 0 Å². The standard InChI is InChI=1S/C10H18N2O5/c1-6(2)17-5-9(14)12-7(10(15)16)3-4-8(11)13/h6-7H,3-5H2,1-2H3,(H2,11,13)(H,12,14)(H,15,16)/t7-/m1/s1. The highest BCUT2D eigenvalue weighted by Crippen LogP contribution is 1.98. The summed E-state index contributed by atoms with van der Waals surface area (Å²) in [7, 11) is 0.